The van der Waals surface area contributed by atoms with Gasteiger partial charge in [-0.25, -0.2) is 0 Å². The van der Waals surface area contributed by atoms with Gasteiger partial charge < -0.3 is 9.80 Å². The van der Waals surface area contributed by atoms with Crippen molar-refractivity contribution in [2.45, 2.75) is 52.4 Å². The zero-order valence-electron chi connectivity index (χ0n) is 24.5. The van der Waals surface area contributed by atoms with Crippen molar-refractivity contribution in [3.05, 3.63) is 72.8 Å². The van der Waals surface area contributed by atoms with E-state index in [4.69, 9.17) is 17.0 Å². The molecule has 42 heavy (non-hydrogen) atoms. The summed E-state index contributed by atoms with van der Waals surface area (Å²) in [5.41, 5.74) is 2.86. The van der Waals surface area contributed by atoms with E-state index in [9.17, 15) is 9.59 Å². The summed E-state index contributed by atoms with van der Waals surface area (Å²) >= 11 is -2.15. The van der Waals surface area contributed by atoms with E-state index < -0.39 is 44.3 Å². The molecule has 0 saturated carbocycles. The topological polar surface area (TPSA) is 64.7 Å². The Morgan fingerprint density at radius 3 is 1.45 bits per heavy atom. The summed E-state index contributed by atoms with van der Waals surface area (Å²) < 4.78 is 5.43. The number of benzene rings is 2. The van der Waals surface area contributed by atoms with Gasteiger partial charge in [-0.2, -0.15) is 0 Å². The van der Waals surface area contributed by atoms with E-state index in [0.717, 1.165) is 0 Å². The van der Waals surface area contributed by atoms with Crippen molar-refractivity contribution in [3.8, 4) is 0 Å². The van der Waals surface area contributed by atoms with Gasteiger partial charge >= 0.3 is 116 Å². The molecule has 6 nitrogen and oxygen atoms in total. The molecule has 0 spiro atoms. The van der Waals surface area contributed by atoms with Crippen molar-refractivity contribution in [2.24, 2.45) is 0 Å². The Hall–Kier alpha value is -1.47. The molecular formula is C32H40Cl2InN4O2Zr. The summed E-state index contributed by atoms with van der Waals surface area (Å²) in [5.74, 6) is 0.0604. The zero-order chi connectivity index (χ0) is 30.2. The van der Waals surface area contributed by atoms with Gasteiger partial charge in [0.2, 0.25) is 0 Å². The summed E-state index contributed by atoms with van der Waals surface area (Å²) in [6, 6.07) is 26.3. The largest absolute Gasteiger partial charge is 0.417 e. The summed E-state index contributed by atoms with van der Waals surface area (Å²) in [6.07, 6.45) is 6.37. The first-order valence-electron chi connectivity index (χ1n) is 14.7. The van der Waals surface area contributed by atoms with E-state index >= 15 is 0 Å². The fraction of sp³-hybridized carbons (Fsp3) is 0.375. The molecule has 2 aliphatic heterocycles. The van der Waals surface area contributed by atoms with Gasteiger partial charge in [0.15, 0.2) is 0 Å². The SMILES string of the molecule is CCC(=O)[NH][In][NH]C(=O)CC.[Cl][Zr+2][Cl].c1ccc2c(N3CCCC3)c[cH-]c2c1.c1ccc2c(N3CCCC3)c[cH-]c2c1. The van der Waals surface area contributed by atoms with Crippen molar-refractivity contribution >= 4 is 85.2 Å². The number of carbonyl (C=O) groups excluding carboxylic acids is 2. The Bertz CT molecular complexity index is 1260. The van der Waals surface area contributed by atoms with Crippen molar-refractivity contribution < 1.29 is 30.4 Å². The predicted molar refractivity (Wildman–Crippen MR) is 176 cm³/mol. The van der Waals surface area contributed by atoms with Gasteiger partial charge in [-0.15, -0.1) is 82.2 Å². The van der Waals surface area contributed by atoms with Crippen molar-refractivity contribution in [1.29, 1.82) is 0 Å². The molecule has 10 heteroatoms. The Labute approximate surface area is 281 Å². The summed E-state index contributed by atoms with van der Waals surface area (Å²) in [4.78, 5) is 26.3. The fourth-order valence-electron chi connectivity index (χ4n) is 5.14. The third kappa shape index (κ3) is 10.9. The first kappa shape index (κ1) is 35.0. The number of hydrogen-bond donors (Lipinski definition) is 2. The minimum absolute atomic E-state index is 0.0302. The molecule has 0 unspecified atom stereocenters. The van der Waals surface area contributed by atoms with Crippen molar-refractivity contribution in [3.63, 3.8) is 0 Å². The molecule has 4 aromatic carbocycles. The molecule has 0 aromatic heterocycles. The van der Waals surface area contributed by atoms with Gasteiger partial charge in [0.1, 0.15) is 0 Å². The number of halogens is 2. The average Bonchev–Trinajstić information content (AvgIpc) is 3.84. The zero-order valence-corrected chi connectivity index (χ0v) is 31.8. The van der Waals surface area contributed by atoms with Crippen LogP contribution in [0.2, 0.25) is 0 Å². The van der Waals surface area contributed by atoms with Crippen molar-refractivity contribution in [2.75, 3.05) is 36.0 Å². The standard InChI is InChI=1S/2C13H14N.2C3H7NO.2ClH.In.Zr/c2*1-2-6-12-11(5-1)7-8-13(12)14-9-3-4-10-14;2*1-2-3(4)5;;;;/h2*1-2,5-8H,3-4,9-10H2;2*2H2,1H3,(H2,4,5);2*1H;;/q2*-1;;;;;+2;+4/p-4. The first-order valence-corrected chi connectivity index (χ1v) is 24.3. The number of nitrogens with zero attached hydrogens (tertiary/aromatic N) is 2. The Kier molecular flexibility index (Phi) is 16.5. The fourth-order valence-corrected chi connectivity index (χ4v) is 7.43. The number of rotatable bonds is 6. The van der Waals surface area contributed by atoms with E-state index in [1.165, 1.54) is 84.8 Å². The van der Waals surface area contributed by atoms with Crippen LogP contribution >= 0.6 is 17.0 Å². The first-order chi connectivity index (χ1) is 20.5. The molecule has 2 amide bonds. The number of anilines is 2. The molecule has 2 fully saturated rings. The Morgan fingerprint density at radius 1 is 0.738 bits per heavy atom. The maximum Gasteiger partial charge on any atom is 0.00815 e. The third-order valence-electron chi connectivity index (χ3n) is 7.32. The van der Waals surface area contributed by atoms with Crippen molar-refractivity contribution in [1.82, 2.24) is 6.61 Å². The molecule has 4 aromatic rings. The second-order valence-corrected chi connectivity index (χ2v) is 16.3. The van der Waals surface area contributed by atoms with Gasteiger partial charge in [-0.3, -0.25) is 0 Å². The van der Waals surface area contributed by atoms with E-state index in [1.54, 1.807) is 13.8 Å². The molecule has 6 rings (SSSR count). The third-order valence-corrected chi connectivity index (χ3v) is 9.98. The van der Waals surface area contributed by atoms with Crippen LogP contribution in [0.3, 0.4) is 0 Å². The maximum atomic E-state index is 10.7. The molecule has 2 aliphatic rings. The number of carbonyl (C=O) groups is 2. The molecule has 2 saturated heterocycles. The van der Waals surface area contributed by atoms with Gasteiger partial charge in [-0.05, 0) is 25.7 Å². The van der Waals surface area contributed by atoms with Crippen LogP contribution < -0.4 is 16.4 Å². The second-order valence-electron chi connectivity index (χ2n) is 10.1. The van der Waals surface area contributed by atoms with E-state index in [2.05, 4.69) is 89.2 Å². The molecule has 0 atom stereocenters. The molecule has 0 aliphatic carbocycles. The summed E-state index contributed by atoms with van der Waals surface area (Å²) in [6.45, 7) is 8.50. The quantitative estimate of drug-likeness (QED) is 0.202. The van der Waals surface area contributed by atoms with Crippen LogP contribution in [-0.4, -0.2) is 61.5 Å². The van der Waals surface area contributed by atoms with Crippen LogP contribution in [0.1, 0.15) is 52.4 Å². The van der Waals surface area contributed by atoms with Gasteiger partial charge in [-0.1, -0.05) is 23.5 Å². The number of hydrogen-bond acceptors (Lipinski definition) is 4. The van der Waals surface area contributed by atoms with Crippen LogP contribution in [0.25, 0.3) is 21.5 Å². The van der Waals surface area contributed by atoms with Gasteiger partial charge in [0.05, 0.1) is 0 Å². The second kappa shape index (κ2) is 19.7. The molecular weight excluding hydrogens is 749 g/mol. The smallest absolute Gasteiger partial charge is 0.00815 e. The van der Waals surface area contributed by atoms with Gasteiger partial charge in [0, 0.05) is 26.2 Å². The monoisotopic (exact) mass is 787 g/mol. The number of fused-ring (bicyclic) bond motifs is 2. The molecule has 2 heterocycles. The van der Waals surface area contributed by atoms with E-state index in [-0.39, 0.29) is 11.8 Å². The minimum atomic E-state index is -1.32. The Balaban J connectivity index is 0.000000167. The van der Waals surface area contributed by atoms with Crippen LogP contribution in [0, 0.1) is 0 Å². The normalized spacial score (nSPS) is 13.6. The average molecular weight is 790 g/mol. The predicted octanol–water partition coefficient (Wildman–Crippen LogP) is 7.27. The molecule has 221 valence electrons. The molecule has 1 radical (unpaired) electrons. The van der Waals surface area contributed by atoms with Crippen LogP contribution in [0.5, 0.6) is 0 Å². The molecule has 2 N–H and O–H groups in total. The minimum Gasteiger partial charge on any atom is -0.417 e. The van der Waals surface area contributed by atoms with Crippen LogP contribution in [0.15, 0.2) is 72.8 Å². The Morgan fingerprint density at radius 2 is 1.10 bits per heavy atom. The van der Waals surface area contributed by atoms with Crippen LogP contribution in [0.4, 0.5) is 11.4 Å². The van der Waals surface area contributed by atoms with Gasteiger partial charge in [0.25, 0.3) is 0 Å². The number of amides is 2. The maximum absolute atomic E-state index is 10.7. The van der Waals surface area contributed by atoms with Crippen LogP contribution in [-0.2, 0) is 30.4 Å². The summed E-state index contributed by atoms with van der Waals surface area (Å²) in [5, 5.41) is 5.56. The van der Waals surface area contributed by atoms with E-state index in [0.29, 0.717) is 12.8 Å². The summed E-state index contributed by atoms with van der Waals surface area (Å²) in [7, 11) is 9.87. The van der Waals surface area contributed by atoms with E-state index in [1.807, 2.05) is 0 Å². The number of nitrogens with one attached hydrogen (secondary N) is 2. The molecule has 0 bridgehead atoms.